The summed E-state index contributed by atoms with van der Waals surface area (Å²) in [5.74, 6) is 0.0168. The highest BCUT2D eigenvalue weighted by molar-refractivity contribution is 5.89. The molecule has 1 aromatic rings. The van der Waals surface area contributed by atoms with Crippen molar-refractivity contribution in [1.29, 1.82) is 0 Å². The summed E-state index contributed by atoms with van der Waals surface area (Å²) in [5.41, 5.74) is 1.77. The lowest BCUT2D eigenvalue weighted by molar-refractivity contribution is -0.161. The highest BCUT2D eigenvalue weighted by Gasteiger charge is 2.29. The van der Waals surface area contributed by atoms with Gasteiger partial charge in [0.1, 0.15) is 24.4 Å². The molecule has 0 aliphatic rings. The van der Waals surface area contributed by atoms with Crippen molar-refractivity contribution in [1.82, 2.24) is 0 Å². The first-order chi connectivity index (χ1) is 15.0. The number of ketones is 1. The normalized spacial score (nSPS) is 12.7. The largest absolute Gasteiger partial charge is 0.507 e. The molecule has 1 rings (SSSR count). The molecule has 0 heterocycles. The van der Waals surface area contributed by atoms with Gasteiger partial charge in [0.15, 0.2) is 11.4 Å². The SMILES string of the molecule is CC(=O)OC(C)(C)C(=O)C/C=C(/C)CCC/C(C)=C/COc1ccc(/C=C\C=O)c(O)c1. The van der Waals surface area contributed by atoms with E-state index < -0.39 is 11.6 Å². The number of ether oxygens (including phenoxy) is 2. The highest BCUT2D eigenvalue weighted by Crippen LogP contribution is 2.25. The summed E-state index contributed by atoms with van der Waals surface area (Å²) in [6, 6.07) is 4.95. The zero-order valence-corrected chi connectivity index (χ0v) is 19.6. The molecule has 0 unspecified atom stereocenters. The minimum Gasteiger partial charge on any atom is -0.507 e. The van der Waals surface area contributed by atoms with Crippen LogP contribution in [0.1, 0.15) is 65.9 Å². The minimum atomic E-state index is -1.11. The van der Waals surface area contributed by atoms with Crippen molar-refractivity contribution >= 4 is 24.1 Å². The molecule has 174 valence electrons. The van der Waals surface area contributed by atoms with Gasteiger partial charge in [-0.05, 0) is 77.3 Å². The standard InChI is InChI=1S/C26H34O6/c1-19(11-14-25(30)26(4,5)32-21(3)28)8-6-9-20(2)15-17-31-23-13-12-22(10-7-16-27)24(29)18-23/h7,10-13,15-16,18,29H,6,8-9,14,17H2,1-5H3/b10-7-,19-11-,20-15+. The number of hydrogen-bond acceptors (Lipinski definition) is 6. The van der Waals surface area contributed by atoms with E-state index in [0.717, 1.165) is 24.8 Å². The van der Waals surface area contributed by atoms with Gasteiger partial charge in [0.25, 0.3) is 0 Å². The molecule has 0 amide bonds. The smallest absolute Gasteiger partial charge is 0.303 e. The third-order valence-electron chi connectivity index (χ3n) is 4.89. The molecule has 6 heteroatoms. The maximum atomic E-state index is 12.2. The van der Waals surface area contributed by atoms with Crippen LogP contribution in [0.4, 0.5) is 0 Å². The number of benzene rings is 1. The third-order valence-corrected chi connectivity index (χ3v) is 4.89. The summed E-state index contributed by atoms with van der Waals surface area (Å²) in [5, 5.41) is 9.94. The molecular formula is C26H34O6. The van der Waals surface area contributed by atoms with Gasteiger partial charge in [0.05, 0.1) is 0 Å². The Morgan fingerprint density at radius 3 is 2.31 bits per heavy atom. The molecule has 0 aromatic heterocycles. The monoisotopic (exact) mass is 442 g/mol. The van der Waals surface area contributed by atoms with E-state index in [0.29, 0.717) is 24.2 Å². The van der Waals surface area contributed by atoms with Crippen molar-refractivity contribution in [3.63, 3.8) is 0 Å². The van der Waals surface area contributed by atoms with Crippen LogP contribution in [0, 0.1) is 0 Å². The van der Waals surface area contributed by atoms with Crippen molar-refractivity contribution in [2.24, 2.45) is 0 Å². The second-order valence-corrected chi connectivity index (χ2v) is 8.21. The van der Waals surface area contributed by atoms with Gasteiger partial charge >= 0.3 is 5.97 Å². The molecule has 0 atom stereocenters. The number of rotatable bonds is 13. The fraction of sp³-hybridized carbons (Fsp3) is 0.423. The van der Waals surface area contributed by atoms with Crippen LogP contribution in [-0.2, 0) is 19.1 Å². The Morgan fingerprint density at radius 1 is 1.06 bits per heavy atom. The number of carbonyl (C=O) groups is 3. The fourth-order valence-corrected chi connectivity index (χ4v) is 2.96. The maximum absolute atomic E-state index is 12.2. The number of Topliss-reactive ketones (excluding diaryl/α,β-unsaturated/α-hetero) is 1. The van der Waals surface area contributed by atoms with Gasteiger partial charge in [-0.25, -0.2) is 0 Å². The predicted molar refractivity (Wildman–Crippen MR) is 126 cm³/mol. The molecule has 0 saturated carbocycles. The minimum absolute atomic E-state index is 0.0540. The van der Waals surface area contributed by atoms with E-state index in [-0.39, 0.29) is 18.0 Å². The molecule has 0 fully saturated rings. The summed E-state index contributed by atoms with van der Waals surface area (Å²) in [6.07, 6.45) is 10.4. The van der Waals surface area contributed by atoms with Crippen LogP contribution < -0.4 is 4.74 Å². The Morgan fingerprint density at radius 2 is 1.72 bits per heavy atom. The second kappa shape index (κ2) is 13.3. The first-order valence-corrected chi connectivity index (χ1v) is 10.7. The number of aldehydes is 1. The van der Waals surface area contributed by atoms with Gasteiger partial charge in [-0.3, -0.25) is 14.4 Å². The lowest BCUT2D eigenvalue weighted by atomic mass is 9.98. The lowest BCUT2D eigenvalue weighted by Crippen LogP contribution is -2.36. The van der Waals surface area contributed by atoms with E-state index >= 15 is 0 Å². The molecular weight excluding hydrogens is 408 g/mol. The summed E-state index contributed by atoms with van der Waals surface area (Å²) >= 11 is 0. The van der Waals surface area contributed by atoms with Crippen LogP contribution in [0.3, 0.4) is 0 Å². The van der Waals surface area contributed by atoms with E-state index in [2.05, 4.69) is 0 Å². The quantitative estimate of drug-likeness (QED) is 0.192. The lowest BCUT2D eigenvalue weighted by Gasteiger charge is -2.22. The molecule has 0 saturated heterocycles. The predicted octanol–water partition coefficient (Wildman–Crippen LogP) is 5.35. The zero-order valence-electron chi connectivity index (χ0n) is 19.6. The van der Waals surface area contributed by atoms with Gasteiger partial charge in [0.2, 0.25) is 0 Å². The summed E-state index contributed by atoms with van der Waals surface area (Å²) in [6.45, 7) is 8.94. The Bertz CT molecular complexity index is 890. The summed E-state index contributed by atoms with van der Waals surface area (Å²) in [7, 11) is 0. The van der Waals surface area contributed by atoms with Crippen LogP contribution in [-0.4, -0.2) is 35.4 Å². The summed E-state index contributed by atoms with van der Waals surface area (Å²) in [4.78, 5) is 33.7. The van der Waals surface area contributed by atoms with Crippen LogP contribution in [0.2, 0.25) is 0 Å². The molecule has 0 aliphatic heterocycles. The Labute approximate surface area is 190 Å². The topological polar surface area (TPSA) is 89.9 Å². The van der Waals surface area contributed by atoms with Crippen LogP contribution >= 0.6 is 0 Å². The van der Waals surface area contributed by atoms with E-state index in [1.807, 2.05) is 26.0 Å². The molecule has 1 N–H and O–H groups in total. The average Bonchev–Trinajstić information content (AvgIpc) is 2.70. The molecule has 1 aromatic carbocycles. The van der Waals surface area contributed by atoms with E-state index in [1.165, 1.54) is 30.7 Å². The van der Waals surface area contributed by atoms with Crippen molar-refractivity contribution in [3.8, 4) is 11.5 Å². The van der Waals surface area contributed by atoms with E-state index in [9.17, 15) is 19.5 Å². The van der Waals surface area contributed by atoms with Crippen molar-refractivity contribution in [2.45, 2.75) is 65.9 Å². The molecule has 0 spiro atoms. The molecule has 0 radical (unpaired) electrons. The summed E-state index contributed by atoms with van der Waals surface area (Å²) < 4.78 is 10.7. The highest BCUT2D eigenvalue weighted by atomic mass is 16.6. The third kappa shape index (κ3) is 10.2. The number of esters is 1. The molecule has 0 bridgehead atoms. The maximum Gasteiger partial charge on any atom is 0.303 e. The Hall–Kier alpha value is -3.15. The van der Waals surface area contributed by atoms with Crippen LogP contribution in [0.5, 0.6) is 11.5 Å². The number of aromatic hydroxyl groups is 1. The van der Waals surface area contributed by atoms with Crippen molar-refractivity contribution < 1.29 is 29.0 Å². The first kappa shape index (κ1) is 26.9. The Balaban J connectivity index is 2.41. The first-order valence-electron chi connectivity index (χ1n) is 10.7. The fourth-order valence-electron chi connectivity index (χ4n) is 2.96. The van der Waals surface area contributed by atoms with Gasteiger partial charge < -0.3 is 14.6 Å². The van der Waals surface area contributed by atoms with E-state index in [4.69, 9.17) is 9.47 Å². The van der Waals surface area contributed by atoms with Gasteiger partial charge in [-0.15, -0.1) is 0 Å². The average molecular weight is 443 g/mol. The Kier molecular flexibility index (Phi) is 11.2. The van der Waals surface area contributed by atoms with Gasteiger partial charge in [-0.1, -0.05) is 17.2 Å². The number of phenolic OH excluding ortho intramolecular Hbond substituents is 1. The van der Waals surface area contributed by atoms with E-state index in [1.54, 1.807) is 26.0 Å². The number of carbonyl (C=O) groups excluding carboxylic acids is 3. The second-order valence-electron chi connectivity index (χ2n) is 8.21. The van der Waals surface area contributed by atoms with Crippen LogP contribution in [0.15, 0.2) is 47.6 Å². The van der Waals surface area contributed by atoms with Crippen LogP contribution in [0.25, 0.3) is 6.08 Å². The molecule has 0 aliphatic carbocycles. The number of allylic oxidation sites excluding steroid dienone is 4. The number of phenols is 1. The van der Waals surface area contributed by atoms with Crippen molar-refractivity contribution in [3.05, 3.63) is 53.1 Å². The van der Waals surface area contributed by atoms with Crippen molar-refractivity contribution in [2.75, 3.05) is 6.61 Å². The zero-order chi connectivity index (χ0) is 24.1. The molecule has 6 nitrogen and oxygen atoms in total. The van der Waals surface area contributed by atoms with Gasteiger partial charge in [0, 0.05) is 25.0 Å². The number of hydrogen-bond donors (Lipinski definition) is 1. The molecule has 32 heavy (non-hydrogen) atoms. The van der Waals surface area contributed by atoms with Gasteiger partial charge in [-0.2, -0.15) is 0 Å².